The maximum absolute atomic E-state index is 9.52. The Morgan fingerprint density at radius 3 is 2.24 bits per heavy atom. The van der Waals surface area contributed by atoms with E-state index >= 15 is 0 Å². The highest BCUT2D eigenvalue weighted by atomic mass is 15.1. The Bertz CT molecular complexity index is 281. The van der Waals surface area contributed by atoms with Gasteiger partial charge in [0.25, 0.3) is 0 Å². The van der Waals surface area contributed by atoms with E-state index in [1.165, 1.54) is 19.4 Å². The van der Waals surface area contributed by atoms with Gasteiger partial charge in [0.15, 0.2) is 0 Å². The van der Waals surface area contributed by atoms with Crippen molar-refractivity contribution in [3.05, 3.63) is 0 Å². The molecule has 0 aromatic carbocycles. The average Bonchev–Trinajstić information content (AvgIpc) is 2.54. The maximum atomic E-state index is 9.52. The van der Waals surface area contributed by atoms with Crippen LogP contribution in [-0.4, -0.2) is 36.6 Å². The second-order valence-electron chi connectivity index (χ2n) is 6.15. The van der Waals surface area contributed by atoms with Crippen molar-refractivity contribution in [3.63, 3.8) is 0 Å². The quantitative estimate of drug-likeness (QED) is 0.553. The van der Waals surface area contributed by atoms with E-state index in [1.54, 1.807) is 0 Å². The van der Waals surface area contributed by atoms with Crippen LogP contribution in [-0.2, 0) is 0 Å². The zero-order chi connectivity index (χ0) is 16.1. The van der Waals surface area contributed by atoms with Gasteiger partial charge in [-0.1, -0.05) is 47.5 Å². The van der Waals surface area contributed by atoms with Gasteiger partial charge in [0.2, 0.25) is 0 Å². The van der Waals surface area contributed by atoms with Gasteiger partial charge in [-0.2, -0.15) is 5.26 Å². The van der Waals surface area contributed by atoms with E-state index in [-0.39, 0.29) is 5.54 Å². The molecule has 1 unspecified atom stereocenters. The summed E-state index contributed by atoms with van der Waals surface area (Å²) in [7, 11) is 0. The fraction of sp³-hybridized carbons (Fsp3) is 0.944. The summed E-state index contributed by atoms with van der Waals surface area (Å²) in [4.78, 5) is 2.55. The highest BCUT2D eigenvalue weighted by Gasteiger charge is 2.26. The zero-order valence-corrected chi connectivity index (χ0v) is 15.0. The van der Waals surface area contributed by atoms with E-state index < -0.39 is 0 Å². The molecule has 0 amide bonds. The van der Waals surface area contributed by atoms with Crippen LogP contribution < -0.4 is 5.32 Å². The minimum Gasteiger partial charge on any atom is -0.303 e. The molecule has 124 valence electrons. The SMILES string of the molecule is CCCNC(C#N)(CC)CCCN(CC)CC(CC)CC. The van der Waals surface area contributed by atoms with Crippen LogP contribution in [0.4, 0.5) is 0 Å². The van der Waals surface area contributed by atoms with Gasteiger partial charge < -0.3 is 4.90 Å². The van der Waals surface area contributed by atoms with Crippen LogP contribution in [0.15, 0.2) is 0 Å². The number of nitrogens with one attached hydrogen (secondary N) is 1. The number of rotatable bonds is 13. The van der Waals surface area contributed by atoms with Crippen molar-refractivity contribution < 1.29 is 0 Å². The Morgan fingerprint density at radius 1 is 1.14 bits per heavy atom. The summed E-state index contributed by atoms with van der Waals surface area (Å²) < 4.78 is 0. The van der Waals surface area contributed by atoms with Crippen molar-refractivity contribution in [1.82, 2.24) is 10.2 Å². The molecule has 0 aliphatic carbocycles. The number of nitrogens with zero attached hydrogens (tertiary/aromatic N) is 2. The number of hydrogen-bond acceptors (Lipinski definition) is 3. The molecule has 1 N–H and O–H groups in total. The Kier molecular flexibility index (Phi) is 11.7. The third-order valence-corrected chi connectivity index (χ3v) is 4.73. The van der Waals surface area contributed by atoms with Crippen LogP contribution in [0.1, 0.15) is 73.1 Å². The molecule has 0 aliphatic rings. The first-order chi connectivity index (χ1) is 10.1. The molecule has 0 radical (unpaired) electrons. The Balaban J connectivity index is 4.30. The summed E-state index contributed by atoms with van der Waals surface area (Å²) in [6.07, 6.45) is 6.57. The summed E-state index contributed by atoms with van der Waals surface area (Å²) in [6.45, 7) is 15.5. The van der Waals surface area contributed by atoms with Crippen LogP contribution in [0, 0.1) is 17.2 Å². The van der Waals surface area contributed by atoms with Crippen molar-refractivity contribution in [1.29, 1.82) is 5.26 Å². The predicted octanol–water partition coefficient (Wildman–Crippen LogP) is 4.20. The van der Waals surface area contributed by atoms with Gasteiger partial charge in [-0.05, 0) is 51.2 Å². The largest absolute Gasteiger partial charge is 0.303 e. The summed E-state index contributed by atoms with van der Waals surface area (Å²) in [6, 6.07) is 2.53. The van der Waals surface area contributed by atoms with Crippen LogP contribution in [0.25, 0.3) is 0 Å². The maximum Gasteiger partial charge on any atom is 0.106 e. The summed E-state index contributed by atoms with van der Waals surface area (Å²) in [5.74, 6) is 0.815. The fourth-order valence-corrected chi connectivity index (χ4v) is 2.82. The van der Waals surface area contributed by atoms with Crippen molar-refractivity contribution in [2.45, 2.75) is 78.7 Å². The highest BCUT2D eigenvalue weighted by molar-refractivity contribution is 5.06. The molecule has 0 rings (SSSR count). The van der Waals surface area contributed by atoms with Gasteiger partial charge in [0.05, 0.1) is 6.07 Å². The van der Waals surface area contributed by atoms with Gasteiger partial charge in [-0.15, -0.1) is 0 Å². The molecule has 0 spiro atoms. The fourth-order valence-electron chi connectivity index (χ4n) is 2.82. The summed E-state index contributed by atoms with van der Waals surface area (Å²) >= 11 is 0. The van der Waals surface area contributed by atoms with Crippen LogP contribution in [0.3, 0.4) is 0 Å². The molecule has 0 aliphatic heterocycles. The predicted molar refractivity (Wildman–Crippen MR) is 92.3 cm³/mol. The van der Waals surface area contributed by atoms with E-state index in [0.717, 1.165) is 51.2 Å². The van der Waals surface area contributed by atoms with Crippen LogP contribution in [0.5, 0.6) is 0 Å². The van der Waals surface area contributed by atoms with Crippen molar-refractivity contribution in [2.24, 2.45) is 5.92 Å². The monoisotopic (exact) mass is 295 g/mol. The summed E-state index contributed by atoms with van der Waals surface area (Å²) in [5, 5.41) is 13.0. The van der Waals surface area contributed by atoms with Gasteiger partial charge in [-0.25, -0.2) is 0 Å². The lowest BCUT2D eigenvalue weighted by atomic mass is 9.91. The molecular weight excluding hydrogens is 258 g/mol. The van der Waals surface area contributed by atoms with Gasteiger partial charge in [0, 0.05) is 6.54 Å². The van der Waals surface area contributed by atoms with E-state index in [1.807, 2.05) is 0 Å². The molecule has 0 bridgehead atoms. The normalized spacial score (nSPS) is 14.4. The smallest absolute Gasteiger partial charge is 0.106 e. The molecule has 3 nitrogen and oxygen atoms in total. The topological polar surface area (TPSA) is 39.1 Å². The second-order valence-corrected chi connectivity index (χ2v) is 6.15. The Hall–Kier alpha value is -0.590. The number of hydrogen-bond donors (Lipinski definition) is 1. The molecule has 3 heteroatoms. The third kappa shape index (κ3) is 7.83. The van der Waals surface area contributed by atoms with Crippen LogP contribution >= 0.6 is 0 Å². The minimum atomic E-state index is -0.315. The average molecular weight is 296 g/mol. The van der Waals surface area contributed by atoms with Gasteiger partial charge >= 0.3 is 0 Å². The Morgan fingerprint density at radius 2 is 1.81 bits per heavy atom. The first-order valence-corrected chi connectivity index (χ1v) is 8.99. The van der Waals surface area contributed by atoms with Crippen molar-refractivity contribution >= 4 is 0 Å². The van der Waals surface area contributed by atoms with Crippen molar-refractivity contribution in [3.8, 4) is 6.07 Å². The third-order valence-electron chi connectivity index (χ3n) is 4.73. The van der Waals surface area contributed by atoms with Crippen LogP contribution in [0.2, 0.25) is 0 Å². The molecular formula is C18H37N3. The molecule has 21 heavy (non-hydrogen) atoms. The lowest BCUT2D eigenvalue weighted by Crippen LogP contribution is -2.44. The van der Waals surface area contributed by atoms with Crippen molar-refractivity contribution in [2.75, 3.05) is 26.2 Å². The standard InChI is InChI=1S/C18H37N3/c1-6-13-20-18(9-4,16-19)12-11-14-21(10-5)15-17(7-2)8-3/h17,20H,6-15H2,1-5H3. The molecule has 1 atom stereocenters. The first kappa shape index (κ1) is 20.4. The van der Waals surface area contributed by atoms with E-state index in [2.05, 4.69) is 50.9 Å². The molecule has 0 saturated heterocycles. The molecule has 0 heterocycles. The van der Waals surface area contributed by atoms with E-state index in [0.29, 0.717) is 0 Å². The first-order valence-electron chi connectivity index (χ1n) is 8.99. The lowest BCUT2D eigenvalue weighted by Gasteiger charge is -2.29. The van der Waals surface area contributed by atoms with E-state index in [9.17, 15) is 5.26 Å². The molecule has 0 aromatic heterocycles. The minimum absolute atomic E-state index is 0.315. The van der Waals surface area contributed by atoms with Gasteiger partial charge in [0.1, 0.15) is 5.54 Å². The number of nitriles is 1. The second kappa shape index (κ2) is 12.0. The van der Waals surface area contributed by atoms with Gasteiger partial charge in [-0.3, -0.25) is 5.32 Å². The lowest BCUT2D eigenvalue weighted by molar-refractivity contribution is 0.221. The van der Waals surface area contributed by atoms with E-state index in [4.69, 9.17) is 0 Å². The highest BCUT2D eigenvalue weighted by Crippen LogP contribution is 2.18. The molecule has 0 saturated carbocycles. The Labute approximate surface area is 133 Å². The zero-order valence-electron chi connectivity index (χ0n) is 15.0. The molecule has 0 fully saturated rings. The summed E-state index contributed by atoms with van der Waals surface area (Å²) in [5.41, 5.74) is -0.315. The molecule has 0 aromatic rings.